The second kappa shape index (κ2) is 5.65. The predicted octanol–water partition coefficient (Wildman–Crippen LogP) is 5.04. The second-order valence-corrected chi connectivity index (χ2v) is 6.40. The molecule has 0 saturated carbocycles. The first kappa shape index (κ1) is 15.5. The Bertz CT molecular complexity index is 745. The summed E-state index contributed by atoms with van der Waals surface area (Å²) in [5.41, 5.74) is 4.71. The molecule has 0 saturated heterocycles. The average molecular weight is 309 g/mol. The molecular formula is C20H23NO2. The molecule has 0 aromatic heterocycles. The van der Waals surface area contributed by atoms with E-state index in [2.05, 4.69) is 56.0 Å². The monoisotopic (exact) mass is 309 g/mol. The summed E-state index contributed by atoms with van der Waals surface area (Å²) in [6, 6.07) is 14.5. The topological polar surface area (TPSA) is 21.7 Å². The van der Waals surface area contributed by atoms with Gasteiger partial charge in [0.25, 0.3) is 0 Å². The quantitative estimate of drug-likeness (QED) is 0.793. The van der Waals surface area contributed by atoms with Crippen molar-refractivity contribution in [2.45, 2.75) is 26.3 Å². The molecule has 1 heterocycles. The van der Waals surface area contributed by atoms with Crippen LogP contribution in [0.2, 0.25) is 0 Å². The van der Waals surface area contributed by atoms with Gasteiger partial charge in [-0.2, -0.15) is 0 Å². The number of methoxy groups -OCH3 is 2. The summed E-state index contributed by atoms with van der Waals surface area (Å²) in [4.78, 5) is 2.36. The Morgan fingerprint density at radius 1 is 0.870 bits per heavy atom. The average Bonchev–Trinajstić information content (AvgIpc) is 2.54. The normalized spacial score (nSPS) is 15.7. The van der Waals surface area contributed by atoms with Gasteiger partial charge in [0, 0.05) is 16.9 Å². The number of allylic oxidation sites excluding steroid dienone is 1. The van der Waals surface area contributed by atoms with Crippen molar-refractivity contribution in [2.24, 2.45) is 0 Å². The predicted molar refractivity (Wildman–Crippen MR) is 95.9 cm³/mol. The zero-order valence-electron chi connectivity index (χ0n) is 14.4. The number of benzene rings is 2. The highest BCUT2D eigenvalue weighted by Gasteiger charge is 2.32. The van der Waals surface area contributed by atoms with E-state index in [1.807, 2.05) is 18.2 Å². The molecule has 0 atom stereocenters. The van der Waals surface area contributed by atoms with Gasteiger partial charge < -0.3 is 14.4 Å². The summed E-state index contributed by atoms with van der Waals surface area (Å²) in [5.74, 6) is 1.75. The van der Waals surface area contributed by atoms with E-state index < -0.39 is 0 Å². The number of ether oxygens (including phenoxy) is 2. The fourth-order valence-corrected chi connectivity index (χ4v) is 3.34. The van der Waals surface area contributed by atoms with Crippen LogP contribution in [-0.2, 0) is 0 Å². The Labute approximate surface area is 138 Å². The summed E-state index contributed by atoms with van der Waals surface area (Å²) >= 11 is 0. The van der Waals surface area contributed by atoms with Gasteiger partial charge in [0.05, 0.1) is 19.8 Å². The number of hydrogen-bond acceptors (Lipinski definition) is 3. The molecule has 0 unspecified atom stereocenters. The third kappa shape index (κ3) is 2.67. The Morgan fingerprint density at radius 3 is 2.09 bits per heavy atom. The molecule has 0 aliphatic carbocycles. The van der Waals surface area contributed by atoms with Crippen LogP contribution < -0.4 is 14.4 Å². The summed E-state index contributed by atoms with van der Waals surface area (Å²) in [6.45, 7) is 6.62. The van der Waals surface area contributed by atoms with Crippen molar-refractivity contribution in [3.8, 4) is 11.5 Å². The fraction of sp³-hybridized carbons (Fsp3) is 0.300. The molecule has 0 amide bonds. The van der Waals surface area contributed by atoms with E-state index >= 15 is 0 Å². The standard InChI is InChI=1S/C20H23NO2/c1-14-13-20(2,3)21(15-6-8-16(22-4)9-7-15)19-11-10-17(23-5)12-18(14)19/h6-13H,1-5H3. The molecule has 3 heteroatoms. The zero-order chi connectivity index (χ0) is 16.6. The van der Waals surface area contributed by atoms with Gasteiger partial charge in [0.2, 0.25) is 0 Å². The minimum atomic E-state index is -0.111. The van der Waals surface area contributed by atoms with Gasteiger partial charge in [-0.1, -0.05) is 6.08 Å². The Morgan fingerprint density at radius 2 is 1.48 bits per heavy atom. The van der Waals surface area contributed by atoms with Crippen molar-refractivity contribution >= 4 is 16.9 Å². The number of hydrogen-bond donors (Lipinski definition) is 0. The molecule has 1 aliphatic heterocycles. The maximum atomic E-state index is 5.39. The molecule has 0 spiro atoms. The van der Waals surface area contributed by atoms with Gasteiger partial charge in [-0.3, -0.25) is 0 Å². The largest absolute Gasteiger partial charge is 0.497 e. The van der Waals surface area contributed by atoms with E-state index in [-0.39, 0.29) is 5.54 Å². The summed E-state index contributed by atoms with van der Waals surface area (Å²) in [7, 11) is 3.39. The van der Waals surface area contributed by atoms with Crippen LogP contribution in [0.25, 0.3) is 5.57 Å². The van der Waals surface area contributed by atoms with Crippen molar-refractivity contribution in [2.75, 3.05) is 19.1 Å². The smallest absolute Gasteiger partial charge is 0.119 e. The molecular weight excluding hydrogens is 286 g/mol. The lowest BCUT2D eigenvalue weighted by molar-refractivity contribution is 0.414. The first-order valence-corrected chi connectivity index (χ1v) is 7.78. The van der Waals surface area contributed by atoms with Crippen molar-refractivity contribution in [1.29, 1.82) is 0 Å². The van der Waals surface area contributed by atoms with E-state index in [0.717, 1.165) is 17.2 Å². The summed E-state index contributed by atoms with van der Waals surface area (Å²) in [6.07, 6.45) is 2.30. The second-order valence-electron chi connectivity index (χ2n) is 6.40. The van der Waals surface area contributed by atoms with Crippen LogP contribution in [0, 0.1) is 0 Å². The van der Waals surface area contributed by atoms with Gasteiger partial charge in [-0.25, -0.2) is 0 Å². The molecule has 2 aromatic rings. The maximum Gasteiger partial charge on any atom is 0.119 e. The first-order valence-electron chi connectivity index (χ1n) is 7.78. The van der Waals surface area contributed by atoms with E-state index in [1.54, 1.807) is 14.2 Å². The lowest BCUT2D eigenvalue weighted by Crippen LogP contribution is -2.41. The van der Waals surface area contributed by atoms with Crippen molar-refractivity contribution in [3.05, 3.63) is 54.1 Å². The van der Waals surface area contributed by atoms with E-state index in [0.29, 0.717) is 0 Å². The molecule has 0 radical (unpaired) electrons. The number of nitrogens with zero attached hydrogens (tertiary/aromatic N) is 1. The van der Waals surface area contributed by atoms with Gasteiger partial charge in [0.15, 0.2) is 0 Å². The van der Waals surface area contributed by atoms with Gasteiger partial charge in [0.1, 0.15) is 11.5 Å². The lowest BCUT2D eigenvalue weighted by atomic mass is 9.88. The van der Waals surface area contributed by atoms with E-state index in [1.165, 1.54) is 16.8 Å². The van der Waals surface area contributed by atoms with Gasteiger partial charge >= 0.3 is 0 Å². The molecule has 3 rings (SSSR count). The SMILES string of the molecule is COc1ccc(N2c3ccc(OC)cc3C(C)=CC2(C)C)cc1. The van der Waals surface area contributed by atoms with Crippen LogP contribution >= 0.6 is 0 Å². The molecule has 120 valence electrons. The zero-order valence-corrected chi connectivity index (χ0v) is 14.4. The third-order valence-electron chi connectivity index (χ3n) is 4.35. The van der Waals surface area contributed by atoms with Crippen LogP contribution in [0.15, 0.2) is 48.5 Å². The van der Waals surface area contributed by atoms with Crippen LogP contribution in [-0.4, -0.2) is 19.8 Å². The number of anilines is 2. The van der Waals surface area contributed by atoms with E-state index in [9.17, 15) is 0 Å². The van der Waals surface area contributed by atoms with Crippen LogP contribution in [0.5, 0.6) is 11.5 Å². The molecule has 1 aliphatic rings. The lowest BCUT2D eigenvalue weighted by Gasteiger charge is -2.43. The van der Waals surface area contributed by atoms with Crippen molar-refractivity contribution in [1.82, 2.24) is 0 Å². The highest BCUT2D eigenvalue weighted by molar-refractivity contribution is 5.86. The first-order chi connectivity index (χ1) is 11.0. The number of rotatable bonds is 3. The van der Waals surface area contributed by atoms with Crippen LogP contribution in [0.4, 0.5) is 11.4 Å². The minimum Gasteiger partial charge on any atom is -0.497 e. The van der Waals surface area contributed by atoms with Crippen molar-refractivity contribution < 1.29 is 9.47 Å². The third-order valence-corrected chi connectivity index (χ3v) is 4.35. The molecule has 23 heavy (non-hydrogen) atoms. The van der Waals surface area contributed by atoms with Crippen molar-refractivity contribution in [3.63, 3.8) is 0 Å². The Balaban J connectivity index is 2.15. The minimum absolute atomic E-state index is 0.111. The van der Waals surface area contributed by atoms with Crippen LogP contribution in [0.3, 0.4) is 0 Å². The number of fused-ring (bicyclic) bond motifs is 1. The molecule has 3 nitrogen and oxygen atoms in total. The molecule has 0 bridgehead atoms. The van der Waals surface area contributed by atoms with Gasteiger partial charge in [-0.15, -0.1) is 0 Å². The summed E-state index contributed by atoms with van der Waals surface area (Å²) < 4.78 is 10.7. The highest BCUT2D eigenvalue weighted by atomic mass is 16.5. The highest BCUT2D eigenvalue weighted by Crippen LogP contribution is 2.44. The van der Waals surface area contributed by atoms with Gasteiger partial charge in [-0.05, 0) is 68.8 Å². The molecule has 0 N–H and O–H groups in total. The maximum absolute atomic E-state index is 5.39. The van der Waals surface area contributed by atoms with Crippen LogP contribution in [0.1, 0.15) is 26.3 Å². The van der Waals surface area contributed by atoms with E-state index in [4.69, 9.17) is 9.47 Å². The fourth-order valence-electron chi connectivity index (χ4n) is 3.34. The Kier molecular flexibility index (Phi) is 3.80. The summed E-state index contributed by atoms with van der Waals surface area (Å²) in [5, 5.41) is 0. The molecule has 2 aromatic carbocycles. The molecule has 0 fully saturated rings. The Hall–Kier alpha value is -2.42.